The van der Waals surface area contributed by atoms with Gasteiger partial charge in [0.25, 0.3) is 5.91 Å². The van der Waals surface area contributed by atoms with E-state index < -0.39 is 0 Å². The Labute approximate surface area is 114 Å². The van der Waals surface area contributed by atoms with Gasteiger partial charge in [0.05, 0.1) is 0 Å². The topological polar surface area (TPSA) is 106 Å². The van der Waals surface area contributed by atoms with Crippen molar-refractivity contribution >= 4 is 11.9 Å². The molecule has 0 aliphatic heterocycles. The molecule has 0 spiro atoms. The van der Waals surface area contributed by atoms with Crippen molar-refractivity contribution in [2.24, 2.45) is 16.5 Å². The number of hydrogen-bond donors (Lipinski definition) is 4. The average Bonchev–Trinajstić information content (AvgIpc) is 2.39. The van der Waals surface area contributed by atoms with Crippen LogP contribution < -0.4 is 22.1 Å². The van der Waals surface area contributed by atoms with Crippen molar-refractivity contribution in [3.63, 3.8) is 0 Å². The van der Waals surface area contributed by atoms with Gasteiger partial charge >= 0.3 is 0 Å². The van der Waals surface area contributed by atoms with Crippen LogP contribution in [0.15, 0.2) is 35.3 Å². The fourth-order valence-electron chi connectivity index (χ4n) is 1.18. The monoisotopic (exact) mass is 265 g/mol. The summed E-state index contributed by atoms with van der Waals surface area (Å²) in [5.74, 6) is -0.000291. The smallest absolute Gasteiger partial charge is 0.251 e. The molecule has 0 aliphatic carbocycles. The fraction of sp³-hybridized carbons (Fsp3) is 0.385. The van der Waals surface area contributed by atoms with Crippen LogP contribution in [-0.4, -0.2) is 39.1 Å². The van der Waals surface area contributed by atoms with Gasteiger partial charge in [-0.15, -0.1) is 0 Å². The minimum Gasteiger partial charge on any atom is -0.370 e. The van der Waals surface area contributed by atoms with Crippen molar-refractivity contribution < 1.29 is 4.79 Å². The molecule has 0 unspecified atom stereocenters. The van der Waals surface area contributed by atoms with Gasteiger partial charge in [-0.25, -0.2) is 0 Å². The number of benzene rings is 1. The Bertz CT molecular complexity index is 374. The summed E-state index contributed by atoms with van der Waals surface area (Å²) in [6, 6.07) is 9.06. The van der Waals surface area contributed by atoms with Crippen LogP contribution in [0.5, 0.6) is 0 Å². The maximum absolute atomic E-state index is 11.5. The third-order valence-electron chi connectivity index (χ3n) is 1.95. The zero-order chi connectivity index (χ0) is 14.5. The molecule has 0 bridgehead atoms. The number of aliphatic imine (C=N–C) groups is 1. The van der Waals surface area contributed by atoms with Crippen molar-refractivity contribution in [3.05, 3.63) is 35.9 Å². The summed E-state index contributed by atoms with van der Waals surface area (Å²) in [6.07, 6.45) is 0.719. The van der Waals surface area contributed by atoms with Crippen molar-refractivity contribution in [2.75, 3.05) is 27.2 Å². The third kappa shape index (κ3) is 9.61. The lowest BCUT2D eigenvalue weighted by atomic mass is 10.2. The largest absolute Gasteiger partial charge is 0.370 e. The Hall–Kier alpha value is -2.08. The standard InChI is InChI=1S/C11H16N4O.C2H7N/c12-11(13)15-8-4-7-14-10(16)9-5-2-1-3-6-9;1-3-2/h1-3,5-6H,4,7-8H2,(H,14,16)(H4,12,13,15);3H,1-2H3. The van der Waals surface area contributed by atoms with Crippen LogP contribution in [0.1, 0.15) is 16.8 Å². The van der Waals surface area contributed by atoms with Gasteiger partial charge in [0, 0.05) is 18.7 Å². The van der Waals surface area contributed by atoms with E-state index in [9.17, 15) is 4.79 Å². The van der Waals surface area contributed by atoms with E-state index in [0.29, 0.717) is 18.7 Å². The molecule has 0 aliphatic rings. The molecule has 0 fully saturated rings. The normalized spacial score (nSPS) is 8.95. The summed E-state index contributed by atoms with van der Waals surface area (Å²) < 4.78 is 0. The lowest BCUT2D eigenvalue weighted by molar-refractivity contribution is 0.0953. The molecular weight excluding hydrogens is 242 g/mol. The predicted octanol–water partition coefficient (Wildman–Crippen LogP) is -0.0845. The minimum absolute atomic E-state index is 0.0781. The van der Waals surface area contributed by atoms with Gasteiger partial charge in [-0.1, -0.05) is 18.2 Å². The van der Waals surface area contributed by atoms with Crippen molar-refractivity contribution in [1.29, 1.82) is 0 Å². The number of carbonyl (C=O) groups excluding carboxylic acids is 1. The molecule has 106 valence electrons. The van der Waals surface area contributed by atoms with Crippen LogP contribution in [0.25, 0.3) is 0 Å². The molecule has 19 heavy (non-hydrogen) atoms. The first kappa shape index (κ1) is 16.9. The van der Waals surface area contributed by atoms with Gasteiger partial charge in [0.2, 0.25) is 0 Å². The molecule has 0 radical (unpaired) electrons. The van der Waals surface area contributed by atoms with Crippen molar-refractivity contribution in [1.82, 2.24) is 10.6 Å². The number of amides is 1. The molecular formula is C13H23N5O. The van der Waals surface area contributed by atoms with Crippen LogP contribution in [0.2, 0.25) is 0 Å². The SMILES string of the molecule is CNC.NC(N)=NCCCNC(=O)c1ccccc1. The Morgan fingerprint density at radius 1 is 1.21 bits per heavy atom. The highest BCUT2D eigenvalue weighted by atomic mass is 16.1. The Kier molecular flexibility index (Phi) is 9.83. The van der Waals surface area contributed by atoms with Gasteiger partial charge in [-0.3, -0.25) is 9.79 Å². The van der Waals surface area contributed by atoms with E-state index >= 15 is 0 Å². The number of nitrogens with zero attached hydrogens (tertiary/aromatic N) is 1. The molecule has 0 saturated heterocycles. The Balaban J connectivity index is 0.000000982. The molecule has 6 nitrogen and oxygen atoms in total. The quantitative estimate of drug-likeness (QED) is 0.339. The number of nitrogens with one attached hydrogen (secondary N) is 2. The summed E-state index contributed by atoms with van der Waals surface area (Å²) >= 11 is 0. The van der Waals surface area contributed by atoms with E-state index in [1.54, 1.807) is 12.1 Å². The fourth-order valence-corrected chi connectivity index (χ4v) is 1.18. The second-order valence-corrected chi connectivity index (χ2v) is 3.78. The first-order valence-corrected chi connectivity index (χ1v) is 6.09. The molecule has 0 atom stereocenters. The van der Waals surface area contributed by atoms with Crippen LogP contribution in [0.3, 0.4) is 0 Å². The molecule has 0 heterocycles. The molecule has 6 heteroatoms. The number of rotatable bonds is 5. The van der Waals surface area contributed by atoms with Crippen molar-refractivity contribution in [2.45, 2.75) is 6.42 Å². The molecule has 1 aromatic carbocycles. The van der Waals surface area contributed by atoms with E-state index in [-0.39, 0.29) is 11.9 Å². The highest BCUT2D eigenvalue weighted by molar-refractivity contribution is 5.94. The highest BCUT2D eigenvalue weighted by Gasteiger charge is 2.01. The molecule has 1 amide bonds. The minimum atomic E-state index is -0.0784. The van der Waals surface area contributed by atoms with Crippen LogP contribution in [0.4, 0.5) is 0 Å². The molecule has 1 aromatic rings. The lowest BCUT2D eigenvalue weighted by Crippen LogP contribution is -2.26. The summed E-state index contributed by atoms with van der Waals surface area (Å²) in [4.78, 5) is 15.4. The van der Waals surface area contributed by atoms with Gasteiger partial charge in [0.15, 0.2) is 5.96 Å². The Morgan fingerprint density at radius 2 is 1.79 bits per heavy atom. The first-order valence-electron chi connectivity index (χ1n) is 6.09. The molecule has 6 N–H and O–H groups in total. The molecule has 0 saturated carbocycles. The number of hydrogen-bond acceptors (Lipinski definition) is 3. The predicted molar refractivity (Wildman–Crippen MR) is 79.1 cm³/mol. The number of carbonyl (C=O) groups is 1. The van der Waals surface area contributed by atoms with E-state index in [1.807, 2.05) is 32.3 Å². The van der Waals surface area contributed by atoms with Crippen LogP contribution in [0, 0.1) is 0 Å². The first-order chi connectivity index (χ1) is 9.11. The van der Waals surface area contributed by atoms with E-state index in [1.165, 1.54) is 0 Å². The third-order valence-corrected chi connectivity index (χ3v) is 1.95. The van der Waals surface area contributed by atoms with Gasteiger partial charge in [0.1, 0.15) is 0 Å². The maximum Gasteiger partial charge on any atom is 0.251 e. The van der Waals surface area contributed by atoms with E-state index in [2.05, 4.69) is 15.6 Å². The maximum atomic E-state index is 11.5. The number of nitrogens with two attached hydrogens (primary N) is 2. The zero-order valence-electron chi connectivity index (χ0n) is 11.5. The second-order valence-electron chi connectivity index (χ2n) is 3.78. The summed E-state index contributed by atoms with van der Waals surface area (Å²) in [6.45, 7) is 1.09. The summed E-state index contributed by atoms with van der Waals surface area (Å²) in [7, 11) is 3.75. The molecule has 0 aromatic heterocycles. The second kappa shape index (κ2) is 11.0. The average molecular weight is 265 g/mol. The van der Waals surface area contributed by atoms with E-state index in [0.717, 1.165) is 6.42 Å². The van der Waals surface area contributed by atoms with Gasteiger partial charge in [-0.05, 0) is 32.6 Å². The van der Waals surface area contributed by atoms with Crippen molar-refractivity contribution in [3.8, 4) is 0 Å². The van der Waals surface area contributed by atoms with Crippen LogP contribution >= 0.6 is 0 Å². The zero-order valence-corrected chi connectivity index (χ0v) is 11.5. The van der Waals surface area contributed by atoms with Gasteiger partial charge < -0.3 is 22.1 Å². The number of guanidine groups is 1. The highest BCUT2D eigenvalue weighted by Crippen LogP contribution is 1.97. The van der Waals surface area contributed by atoms with E-state index in [4.69, 9.17) is 11.5 Å². The summed E-state index contributed by atoms with van der Waals surface area (Å²) in [5.41, 5.74) is 11.0. The summed E-state index contributed by atoms with van der Waals surface area (Å²) in [5, 5.41) is 5.53. The Morgan fingerprint density at radius 3 is 2.32 bits per heavy atom. The van der Waals surface area contributed by atoms with Gasteiger partial charge in [-0.2, -0.15) is 0 Å². The molecule has 1 rings (SSSR count). The van der Waals surface area contributed by atoms with Crippen LogP contribution in [-0.2, 0) is 0 Å². The lowest BCUT2D eigenvalue weighted by Gasteiger charge is -2.03.